The molecule has 1 heterocycles. The second kappa shape index (κ2) is 4.13. The molecule has 0 spiro atoms. The highest BCUT2D eigenvalue weighted by molar-refractivity contribution is 5.51. The van der Waals surface area contributed by atoms with Gasteiger partial charge in [-0.2, -0.15) is 0 Å². The molecule has 0 aliphatic heterocycles. The van der Waals surface area contributed by atoms with E-state index in [1.807, 2.05) is 27.0 Å². The zero-order valence-electron chi connectivity index (χ0n) is 10.6. The number of benzene rings is 1. The van der Waals surface area contributed by atoms with Gasteiger partial charge >= 0.3 is 0 Å². The van der Waals surface area contributed by atoms with E-state index in [1.165, 1.54) is 5.56 Å². The van der Waals surface area contributed by atoms with Crippen molar-refractivity contribution in [1.82, 2.24) is 9.78 Å². The van der Waals surface area contributed by atoms with E-state index in [0.717, 1.165) is 16.9 Å². The van der Waals surface area contributed by atoms with E-state index in [4.69, 9.17) is 10.5 Å². The number of anilines is 1. The Balaban J connectivity index is 2.43. The monoisotopic (exact) mass is 231 g/mol. The zero-order valence-corrected chi connectivity index (χ0v) is 10.6. The third-order valence-corrected chi connectivity index (χ3v) is 2.89. The summed E-state index contributed by atoms with van der Waals surface area (Å²) >= 11 is 0. The highest BCUT2D eigenvalue weighted by atomic mass is 16.5. The molecule has 0 bridgehead atoms. The lowest BCUT2D eigenvalue weighted by Crippen LogP contribution is -1.96. The molecule has 0 atom stereocenters. The Labute approximate surface area is 101 Å². The molecule has 0 aliphatic carbocycles. The molecular weight excluding hydrogens is 214 g/mol. The summed E-state index contributed by atoms with van der Waals surface area (Å²) < 4.78 is 7.46. The first kappa shape index (κ1) is 11.5. The van der Waals surface area contributed by atoms with Gasteiger partial charge in [0.2, 0.25) is 0 Å². The van der Waals surface area contributed by atoms with Crippen LogP contribution in [0.25, 0.3) is 0 Å². The summed E-state index contributed by atoms with van der Waals surface area (Å²) in [4.78, 5) is 0. The van der Waals surface area contributed by atoms with Crippen LogP contribution >= 0.6 is 0 Å². The van der Waals surface area contributed by atoms with Crippen molar-refractivity contribution in [2.75, 3.05) is 5.73 Å². The van der Waals surface area contributed by atoms with Gasteiger partial charge < -0.3 is 10.5 Å². The molecule has 0 fully saturated rings. The van der Waals surface area contributed by atoms with Gasteiger partial charge in [-0.1, -0.05) is 12.1 Å². The largest absolute Gasteiger partial charge is 0.435 e. The molecule has 90 valence electrons. The summed E-state index contributed by atoms with van der Waals surface area (Å²) in [5, 5.41) is 4.19. The van der Waals surface area contributed by atoms with Crippen LogP contribution in [0.1, 0.15) is 16.7 Å². The van der Waals surface area contributed by atoms with E-state index in [-0.39, 0.29) is 0 Å². The second-order valence-electron chi connectivity index (χ2n) is 4.32. The van der Waals surface area contributed by atoms with Gasteiger partial charge in [0.1, 0.15) is 11.4 Å². The van der Waals surface area contributed by atoms with E-state index >= 15 is 0 Å². The lowest BCUT2D eigenvalue weighted by atomic mass is 10.1. The fourth-order valence-electron chi connectivity index (χ4n) is 1.74. The summed E-state index contributed by atoms with van der Waals surface area (Å²) in [6.07, 6.45) is 1.73. The van der Waals surface area contributed by atoms with Crippen LogP contribution in [0.3, 0.4) is 0 Å². The Morgan fingerprint density at radius 3 is 2.41 bits per heavy atom. The Morgan fingerprint density at radius 1 is 1.18 bits per heavy atom. The summed E-state index contributed by atoms with van der Waals surface area (Å²) in [6.45, 7) is 6.11. The average molecular weight is 231 g/mol. The first-order valence-electron chi connectivity index (χ1n) is 5.53. The summed E-state index contributed by atoms with van der Waals surface area (Å²) in [6, 6.07) is 4.12. The van der Waals surface area contributed by atoms with Gasteiger partial charge in [0, 0.05) is 7.05 Å². The molecule has 0 saturated heterocycles. The predicted molar refractivity (Wildman–Crippen MR) is 68.3 cm³/mol. The van der Waals surface area contributed by atoms with Crippen LogP contribution in [-0.2, 0) is 7.05 Å². The van der Waals surface area contributed by atoms with Gasteiger partial charge in [0.25, 0.3) is 5.88 Å². The Bertz CT molecular complexity index is 558. The lowest BCUT2D eigenvalue weighted by Gasteiger charge is -2.12. The number of hydrogen-bond acceptors (Lipinski definition) is 3. The molecule has 0 saturated carbocycles. The molecule has 4 heteroatoms. The fraction of sp³-hybridized carbons (Fsp3) is 0.308. The van der Waals surface area contributed by atoms with E-state index in [1.54, 1.807) is 10.9 Å². The summed E-state index contributed by atoms with van der Waals surface area (Å²) in [5.41, 5.74) is 9.76. The molecule has 1 aromatic heterocycles. The van der Waals surface area contributed by atoms with Crippen LogP contribution in [0.15, 0.2) is 18.3 Å². The van der Waals surface area contributed by atoms with Gasteiger partial charge in [0.15, 0.2) is 0 Å². The van der Waals surface area contributed by atoms with Gasteiger partial charge in [0.05, 0.1) is 6.20 Å². The van der Waals surface area contributed by atoms with Crippen LogP contribution in [0, 0.1) is 20.8 Å². The first-order valence-corrected chi connectivity index (χ1v) is 5.53. The number of aryl methyl sites for hydroxylation is 3. The Hall–Kier alpha value is -1.97. The van der Waals surface area contributed by atoms with E-state index in [9.17, 15) is 0 Å². The minimum atomic E-state index is 0.462. The molecule has 1 aromatic carbocycles. The lowest BCUT2D eigenvalue weighted by molar-refractivity contribution is 0.449. The minimum Gasteiger partial charge on any atom is -0.435 e. The zero-order chi connectivity index (χ0) is 12.6. The molecule has 0 amide bonds. The predicted octanol–water partition coefficient (Wildman–Crippen LogP) is 2.72. The minimum absolute atomic E-state index is 0.462. The number of ether oxygens (including phenoxy) is 1. The summed E-state index contributed by atoms with van der Waals surface area (Å²) in [5.74, 6) is 1.31. The summed E-state index contributed by atoms with van der Waals surface area (Å²) in [7, 11) is 1.82. The number of nitrogens with zero attached hydrogens (tertiary/aromatic N) is 2. The normalized spacial score (nSPS) is 10.6. The molecular formula is C13H17N3O. The van der Waals surface area contributed by atoms with E-state index in [2.05, 4.69) is 18.1 Å². The average Bonchev–Trinajstić information content (AvgIpc) is 2.58. The number of nitrogens with two attached hydrogens (primary N) is 1. The number of rotatable bonds is 2. The smallest absolute Gasteiger partial charge is 0.261 e. The molecule has 0 aliphatic rings. The van der Waals surface area contributed by atoms with Gasteiger partial charge in [-0.05, 0) is 37.5 Å². The van der Waals surface area contributed by atoms with Gasteiger partial charge in [-0.3, -0.25) is 4.68 Å². The maximum atomic E-state index is 5.82. The van der Waals surface area contributed by atoms with Crippen molar-refractivity contribution in [2.24, 2.45) is 7.05 Å². The number of nitrogen functional groups attached to an aromatic ring is 1. The van der Waals surface area contributed by atoms with Crippen LogP contribution in [0.5, 0.6) is 11.6 Å². The van der Waals surface area contributed by atoms with Gasteiger partial charge in [-0.25, -0.2) is 0 Å². The van der Waals surface area contributed by atoms with Crippen molar-refractivity contribution in [2.45, 2.75) is 20.8 Å². The molecule has 17 heavy (non-hydrogen) atoms. The third kappa shape index (κ3) is 2.11. The highest BCUT2D eigenvalue weighted by Gasteiger charge is 2.11. The van der Waals surface area contributed by atoms with Crippen molar-refractivity contribution >= 4 is 5.69 Å². The standard InChI is InChI=1S/C13H17N3O/c1-8-5-6-9(2)12(10(8)3)17-13-11(14)7-16(4)15-13/h5-7H,14H2,1-4H3. The van der Waals surface area contributed by atoms with E-state index < -0.39 is 0 Å². The van der Waals surface area contributed by atoms with Crippen LogP contribution < -0.4 is 10.5 Å². The fourth-order valence-corrected chi connectivity index (χ4v) is 1.74. The first-order chi connectivity index (χ1) is 7.99. The van der Waals surface area contributed by atoms with Crippen LogP contribution in [0.4, 0.5) is 5.69 Å². The van der Waals surface area contributed by atoms with Crippen LogP contribution in [0.2, 0.25) is 0 Å². The van der Waals surface area contributed by atoms with E-state index in [0.29, 0.717) is 11.6 Å². The topological polar surface area (TPSA) is 53.1 Å². The van der Waals surface area contributed by atoms with Crippen LogP contribution in [-0.4, -0.2) is 9.78 Å². The number of hydrogen-bond donors (Lipinski definition) is 1. The molecule has 0 radical (unpaired) electrons. The quantitative estimate of drug-likeness (QED) is 0.864. The van der Waals surface area contributed by atoms with Gasteiger partial charge in [-0.15, -0.1) is 5.10 Å². The van der Waals surface area contributed by atoms with Crippen molar-refractivity contribution in [3.8, 4) is 11.6 Å². The molecule has 2 N–H and O–H groups in total. The Morgan fingerprint density at radius 2 is 1.82 bits per heavy atom. The number of aromatic nitrogens is 2. The SMILES string of the molecule is Cc1ccc(C)c(Oc2nn(C)cc2N)c1C. The van der Waals surface area contributed by atoms with Crippen molar-refractivity contribution < 1.29 is 4.74 Å². The molecule has 0 unspecified atom stereocenters. The highest BCUT2D eigenvalue weighted by Crippen LogP contribution is 2.32. The van der Waals surface area contributed by atoms with Crippen molar-refractivity contribution in [3.63, 3.8) is 0 Å². The van der Waals surface area contributed by atoms with Crippen molar-refractivity contribution in [3.05, 3.63) is 35.0 Å². The Kier molecular flexibility index (Phi) is 2.79. The molecule has 4 nitrogen and oxygen atoms in total. The molecule has 2 aromatic rings. The third-order valence-electron chi connectivity index (χ3n) is 2.89. The van der Waals surface area contributed by atoms with Crippen molar-refractivity contribution in [1.29, 1.82) is 0 Å². The maximum absolute atomic E-state index is 5.82. The second-order valence-corrected chi connectivity index (χ2v) is 4.32. The molecule has 2 rings (SSSR count). The maximum Gasteiger partial charge on any atom is 0.261 e.